The first-order valence-corrected chi connectivity index (χ1v) is 4.84. The number of phenolic OH excluding ortho intramolecular Hbond substituents is 2. The molecule has 0 spiro atoms. The van der Waals surface area contributed by atoms with Gasteiger partial charge in [0, 0.05) is 12.7 Å². The fraction of sp³-hybridized carbons (Fsp3) is 0.182. The van der Waals surface area contributed by atoms with Gasteiger partial charge in [-0.05, 0) is 23.8 Å². The summed E-state index contributed by atoms with van der Waals surface area (Å²) in [7, 11) is 1.83. The molecule has 5 nitrogen and oxygen atoms in total. The molecule has 1 heterocycles. The Labute approximate surface area is 93.1 Å². The van der Waals surface area contributed by atoms with Gasteiger partial charge in [-0.15, -0.1) is 0 Å². The second-order valence-corrected chi connectivity index (χ2v) is 3.62. The highest BCUT2D eigenvalue weighted by Crippen LogP contribution is 2.26. The lowest BCUT2D eigenvalue weighted by molar-refractivity contribution is 0.403. The highest BCUT2D eigenvalue weighted by atomic mass is 16.3. The zero-order valence-corrected chi connectivity index (χ0v) is 8.88. The highest BCUT2D eigenvalue weighted by molar-refractivity contribution is 5.83. The molecule has 16 heavy (non-hydrogen) atoms. The Hall–Kier alpha value is -2.17. The molecule has 5 heteroatoms. The fourth-order valence-electron chi connectivity index (χ4n) is 1.49. The molecular formula is C11H13N3O2. The predicted octanol–water partition coefficient (Wildman–Crippen LogP) is 0.699. The van der Waals surface area contributed by atoms with E-state index in [1.807, 2.05) is 13.1 Å². The summed E-state index contributed by atoms with van der Waals surface area (Å²) in [5.74, 6) is 0.218. The molecular weight excluding hydrogens is 206 g/mol. The number of phenols is 2. The normalized spacial score (nSPS) is 17.9. The van der Waals surface area contributed by atoms with Gasteiger partial charge >= 0.3 is 0 Å². The van der Waals surface area contributed by atoms with Crippen molar-refractivity contribution >= 4 is 12.0 Å². The molecule has 1 aliphatic heterocycles. The minimum atomic E-state index is -0.135. The van der Waals surface area contributed by atoms with E-state index in [0.717, 1.165) is 11.3 Å². The van der Waals surface area contributed by atoms with Gasteiger partial charge < -0.3 is 20.8 Å². The Morgan fingerprint density at radius 3 is 2.69 bits per heavy atom. The van der Waals surface area contributed by atoms with Crippen molar-refractivity contribution in [2.24, 2.45) is 10.7 Å². The predicted molar refractivity (Wildman–Crippen MR) is 62.0 cm³/mol. The molecule has 0 amide bonds. The number of hydrogen-bond acceptors (Lipinski definition) is 5. The van der Waals surface area contributed by atoms with Crippen LogP contribution in [-0.2, 0) is 0 Å². The van der Waals surface area contributed by atoms with E-state index in [-0.39, 0.29) is 11.5 Å². The molecule has 0 bridgehead atoms. The fourth-order valence-corrected chi connectivity index (χ4v) is 1.49. The summed E-state index contributed by atoms with van der Waals surface area (Å²) < 4.78 is 0. The zero-order valence-electron chi connectivity index (χ0n) is 8.88. The van der Waals surface area contributed by atoms with E-state index in [0.29, 0.717) is 12.5 Å². The van der Waals surface area contributed by atoms with E-state index in [4.69, 9.17) is 5.73 Å². The molecule has 1 aromatic carbocycles. The second kappa shape index (κ2) is 3.77. The van der Waals surface area contributed by atoms with Gasteiger partial charge in [0.05, 0.1) is 6.54 Å². The Bertz CT molecular complexity index is 480. The van der Waals surface area contributed by atoms with Crippen LogP contribution in [0.15, 0.2) is 28.9 Å². The second-order valence-electron chi connectivity index (χ2n) is 3.62. The van der Waals surface area contributed by atoms with Crippen LogP contribution < -0.4 is 5.73 Å². The Morgan fingerprint density at radius 2 is 2.12 bits per heavy atom. The molecule has 0 saturated heterocycles. The minimum absolute atomic E-state index is 0.127. The van der Waals surface area contributed by atoms with Gasteiger partial charge in [-0.3, -0.25) is 0 Å². The van der Waals surface area contributed by atoms with Crippen molar-refractivity contribution in [3.8, 4) is 11.5 Å². The smallest absolute Gasteiger partial charge is 0.195 e. The maximum Gasteiger partial charge on any atom is 0.195 e. The quantitative estimate of drug-likeness (QED) is 0.607. The molecule has 0 atom stereocenters. The van der Waals surface area contributed by atoms with E-state index in [9.17, 15) is 10.2 Å². The summed E-state index contributed by atoms with van der Waals surface area (Å²) in [4.78, 5) is 5.86. The Kier molecular flexibility index (Phi) is 2.44. The van der Waals surface area contributed by atoms with Crippen LogP contribution in [-0.4, -0.2) is 34.7 Å². The molecule has 0 aromatic heterocycles. The van der Waals surface area contributed by atoms with E-state index >= 15 is 0 Å². The van der Waals surface area contributed by atoms with Crippen molar-refractivity contribution in [3.63, 3.8) is 0 Å². The molecule has 1 aromatic rings. The van der Waals surface area contributed by atoms with Crippen LogP contribution in [0, 0.1) is 0 Å². The number of hydrogen-bond donors (Lipinski definition) is 3. The topological polar surface area (TPSA) is 82.1 Å². The third kappa shape index (κ3) is 1.79. The van der Waals surface area contributed by atoms with Crippen molar-refractivity contribution in [3.05, 3.63) is 29.5 Å². The molecule has 0 radical (unpaired) electrons. The van der Waals surface area contributed by atoms with Crippen LogP contribution in [0.2, 0.25) is 0 Å². The maximum atomic E-state index is 9.35. The van der Waals surface area contributed by atoms with Crippen LogP contribution in [0.25, 0.3) is 6.08 Å². The first-order valence-electron chi connectivity index (χ1n) is 4.84. The van der Waals surface area contributed by atoms with Gasteiger partial charge in [0.25, 0.3) is 0 Å². The van der Waals surface area contributed by atoms with Gasteiger partial charge in [0.2, 0.25) is 0 Å². The van der Waals surface area contributed by atoms with Gasteiger partial charge in [-0.25, -0.2) is 4.99 Å². The number of aliphatic imine (C=N–C) groups is 1. The standard InChI is InChI=1S/C11H13N3O2/c1-14-8(6-13-11(14)12)4-7-2-3-9(15)10(16)5-7/h2-5,15-16H,6H2,1H3,(H2,12,13). The van der Waals surface area contributed by atoms with Gasteiger partial charge in [-0.2, -0.15) is 0 Å². The molecule has 1 aliphatic rings. The van der Waals surface area contributed by atoms with Crippen molar-refractivity contribution in [2.75, 3.05) is 13.6 Å². The lowest BCUT2D eigenvalue weighted by Crippen LogP contribution is -2.28. The van der Waals surface area contributed by atoms with Crippen LogP contribution in [0.1, 0.15) is 5.56 Å². The number of nitrogens with two attached hydrogens (primary N) is 1. The molecule has 0 saturated carbocycles. The summed E-state index contributed by atoms with van der Waals surface area (Å²) in [5.41, 5.74) is 7.36. The summed E-state index contributed by atoms with van der Waals surface area (Å²) >= 11 is 0. The average molecular weight is 219 g/mol. The molecule has 0 unspecified atom stereocenters. The lowest BCUT2D eigenvalue weighted by atomic mass is 10.1. The van der Waals surface area contributed by atoms with Gasteiger partial charge in [0.1, 0.15) is 0 Å². The van der Waals surface area contributed by atoms with Crippen LogP contribution in [0.4, 0.5) is 0 Å². The number of rotatable bonds is 1. The third-order valence-corrected chi connectivity index (χ3v) is 2.51. The number of aromatic hydroxyl groups is 2. The van der Waals surface area contributed by atoms with E-state index in [1.54, 1.807) is 11.0 Å². The maximum absolute atomic E-state index is 9.35. The zero-order chi connectivity index (χ0) is 11.7. The minimum Gasteiger partial charge on any atom is -0.504 e. The molecule has 2 rings (SSSR count). The van der Waals surface area contributed by atoms with Crippen molar-refractivity contribution in [1.29, 1.82) is 0 Å². The van der Waals surface area contributed by atoms with Crippen LogP contribution in [0.5, 0.6) is 11.5 Å². The summed E-state index contributed by atoms with van der Waals surface area (Å²) in [6, 6.07) is 4.65. The third-order valence-electron chi connectivity index (χ3n) is 2.51. The summed E-state index contributed by atoms with van der Waals surface area (Å²) in [6.45, 7) is 0.532. The first kappa shape index (κ1) is 10.4. The number of nitrogens with zero attached hydrogens (tertiary/aromatic N) is 2. The summed E-state index contributed by atoms with van der Waals surface area (Å²) in [5, 5.41) is 18.5. The first-order chi connectivity index (χ1) is 7.58. The monoisotopic (exact) mass is 219 g/mol. The number of guanidine groups is 1. The van der Waals surface area contributed by atoms with Crippen LogP contribution >= 0.6 is 0 Å². The van der Waals surface area contributed by atoms with Gasteiger partial charge in [-0.1, -0.05) is 6.07 Å². The summed E-state index contributed by atoms with van der Waals surface area (Å²) in [6.07, 6.45) is 1.86. The molecule has 84 valence electrons. The van der Waals surface area contributed by atoms with Gasteiger partial charge in [0.15, 0.2) is 17.5 Å². The van der Waals surface area contributed by atoms with Crippen LogP contribution in [0.3, 0.4) is 0 Å². The number of benzene rings is 1. The highest BCUT2D eigenvalue weighted by Gasteiger charge is 2.14. The average Bonchev–Trinajstić information content (AvgIpc) is 2.55. The van der Waals surface area contributed by atoms with Crippen molar-refractivity contribution < 1.29 is 10.2 Å². The van der Waals surface area contributed by atoms with E-state index in [1.165, 1.54) is 12.1 Å². The lowest BCUT2D eigenvalue weighted by Gasteiger charge is -2.12. The molecule has 0 aliphatic carbocycles. The van der Waals surface area contributed by atoms with Crippen molar-refractivity contribution in [2.45, 2.75) is 0 Å². The molecule has 0 fully saturated rings. The largest absolute Gasteiger partial charge is 0.504 e. The van der Waals surface area contributed by atoms with Crippen molar-refractivity contribution in [1.82, 2.24) is 4.90 Å². The Morgan fingerprint density at radius 1 is 1.38 bits per heavy atom. The molecule has 4 N–H and O–H groups in total. The SMILES string of the molecule is CN1C(=Cc2ccc(O)c(O)c2)CN=C1N. The number of likely N-dealkylation sites (N-methyl/N-ethyl adjacent to an activating group) is 1. The van der Waals surface area contributed by atoms with E-state index in [2.05, 4.69) is 4.99 Å². The van der Waals surface area contributed by atoms with E-state index < -0.39 is 0 Å². The Balaban J connectivity index is 2.27.